The number of carbonyl (C=O) groups excluding carboxylic acids is 1. The first kappa shape index (κ1) is 18.1. The van der Waals surface area contributed by atoms with Crippen LogP contribution in [0.4, 0.5) is 0 Å². The maximum absolute atomic E-state index is 12.0. The largest absolute Gasteiger partial charge is 0.478 e. The number of rotatable bonds is 6. The van der Waals surface area contributed by atoms with Gasteiger partial charge in [0.05, 0.1) is 0 Å². The highest BCUT2D eigenvalue weighted by atomic mass is 35.5. The average Bonchev–Trinajstić information content (AvgIpc) is 2.99. The van der Waals surface area contributed by atoms with Crippen molar-refractivity contribution in [2.45, 2.75) is 13.3 Å². The molecule has 0 radical (unpaired) electrons. The number of fused-ring (bicyclic) bond motifs is 1. The van der Waals surface area contributed by atoms with Gasteiger partial charge in [0.1, 0.15) is 0 Å². The molecule has 3 rings (SSSR count). The van der Waals surface area contributed by atoms with Gasteiger partial charge in [-0.15, -0.1) is 0 Å². The van der Waals surface area contributed by atoms with Gasteiger partial charge in [-0.25, -0.2) is 0 Å². The smallest absolute Gasteiger partial charge is 0.257 e. The Kier molecular flexibility index (Phi) is 5.32. The molecule has 0 bridgehead atoms. The molecule has 0 saturated heterocycles. The lowest BCUT2D eigenvalue weighted by Crippen LogP contribution is -2.31. The van der Waals surface area contributed by atoms with E-state index < -0.39 is 0 Å². The minimum atomic E-state index is -0.273. The number of carbonyl (C=O) groups is 1. The van der Waals surface area contributed by atoms with Crippen LogP contribution in [0.3, 0.4) is 0 Å². The van der Waals surface area contributed by atoms with E-state index in [1.165, 1.54) is 6.07 Å². The molecule has 2 aromatic heterocycles. The molecule has 0 atom stereocenters. The fourth-order valence-corrected chi connectivity index (χ4v) is 2.87. The van der Waals surface area contributed by atoms with Crippen LogP contribution in [0.25, 0.3) is 10.9 Å². The maximum atomic E-state index is 12.0. The lowest BCUT2D eigenvalue weighted by Gasteiger charge is -2.09. The summed E-state index contributed by atoms with van der Waals surface area (Å²) in [6.07, 6.45) is 4.17. The number of aromatic nitrogens is 2. The molecule has 2 heterocycles. The van der Waals surface area contributed by atoms with Crippen molar-refractivity contribution in [1.29, 1.82) is 0 Å². The summed E-state index contributed by atoms with van der Waals surface area (Å²) in [5.41, 5.74) is 2.68. The Morgan fingerprint density at radius 1 is 1.35 bits per heavy atom. The number of H-pyrrole nitrogens is 1. The standard InChI is InChI=1S/C19H20ClN3O3/c1-12-7-17(24)18(10-23(12)2)26-11-19(25)21-6-5-13-9-22-16-4-3-14(20)8-15(13)16/h3-4,7-10,22H,5-6,11H2,1-2H3,(H,21,25). The van der Waals surface area contributed by atoms with Gasteiger partial charge in [-0.3, -0.25) is 9.59 Å². The molecule has 0 aliphatic heterocycles. The van der Waals surface area contributed by atoms with Gasteiger partial charge in [-0.1, -0.05) is 11.6 Å². The lowest BCUT2D eigenvalue weighted by atomic mass is 10.1. The quantitative estimate of drug-likeness (QED) is 0.697. The Bertz CT molecular complexity index is 1010. The summed E-state index contributed by atoms with van der Waals surface area (Å²) in [6, 6.07) is 7.14. The molecule has 1 aromatic carbocycles. The molecule has 0 fully saturated rings. The summed E-state index contributed by atoms with van der Waals surface area (Å²) in [6.45, 7) is 2.10. The summed E-state index contributed by atoms with van der Waals surface area (Å²) in [5.74, 6) is -0.106. The predicted octanol–water partition coefficient (Wildman–Crippen LogP) is 2.57. The summed E-state index contributed by atoms with van der Waals surface area (Å²) in [5, 5.41) is 4.52. The van der Waals surface area contributed by atoms with Crippen LogP contribution in [0.5, 0.6) is 5.75 Å². The Labute approximate surface area is 155 Å². The highest BCUT2D eigenvalue weighted by molar-refractivity contribution is 6.31. The number of ether oxygens (including phenoxy) is 1. The summed E-state index contributed by atoms with van der Waals surface area (Å²) in [7, 11) is 1.81. The molecule has 136 valence electrons. The number of amides is 1. The van der Waals surface area contributed by atoms with E-state index in [1.807, 2.05) is 38.4 Å². The normalized spacial score (nSPS) is 10.9. The van der Waals surface area contributed by atoms with Crippen molar-refractivity contribution in [3.05, 3.63) is 63.2 Å². The minimum Gasteiger partial charge on any atom is -0.478 e. The summed E-state index contributed by atoms with van der Waals surface area (Å²) < 4.78 is 7.11. The number of halogens is 1. The van der Waals surface area contributed by atoms with E-state index in [-0.39, 0.29) is 23.7 Å². The molecule has 3 aromatic rings. The number of aromatic amines is 1. The number of hydrogen-bond donors (Lipinski definition) is 2. The average molecular weight is 374 g/mol. The van der Waals surface area contributed by atoms with Crippen LogP contribution in [0, 0.1) is 6.92 Å². The monoisotopic (exact) mass is 373 g/mol. The second kappa shape index (κ2) is 7.66. The first-order valence-electron chi connectivity index (χ1n) is 8.26. The third-order valence-corrected chi connectivity index (χ3v) is 4.49. The SMILES string of the molecule is Cc1cc(=O)c(OCC(=O)NCCc2c[nH]c3ccc(Cl)cc23)cn1C. The first-order chi connectivity index (χ1) is 12.4. The van der Waals surface area contributed by atoms with Crippen molar-refractivity contribution in [3.63, 3.8) is 0 Å². The molecule has 0 aliphatic carbocycles. The third kappa shape index (κ3) is 4.08. The molecule has 6 nitrogen and oxygen atoms in total. The van der Waals surface area contributed by atoms with Crippen LogP contribution in [0.1, 0.15) is 11.3 Å². The van der Waals surface area contributed by atoms with Crippen LogP contribution in [0.15, 0.2) is 41.5 Å². The van der Waals surface area contributed by atoms with Crippen LogP contribution in [-0.4, -0.2) is 28.6 Å². The number of benzene rings is 1. The van der Waals surface area contributed by atoms with E-state index in [9.17, 15) is 9.59 Å². The Morgan fingerprint density at radius 2 is 2.15 bits per heavy atom. The molecule has 0 unspecified atom stereocenters. The lowest BCUT2D eigenvalue weighted by molar-refractivity contribution is -0.123. The minimum absolute atomic E-state index is 0.166. The van der Waals surface area contributed by atoms with Crippen LogP contribution >= 0.6 is 11.6 Å². The Balaban J connectivity index is 1.52. The van der Waals surface area contributed by atoms with Crippen molar-refractivity contribution in [3.8, 4) is 5.75 Å². The first-order valence-corrected chi connectivity index (χ1v) is 8.64. The second-order valence-corrected chi connectivity index (χ2v) is 6.58. The van der Waals surface area contributed by atoms with Crippen molar-refractivity contribution in [2.75, 3.05) is 13.2 Å². The summed E-state index contributed by atoms with van der Waals surface area (Å²) in [4.78, 5) is 27.0. The van der Waals surface area contributed by atoms with Gasteiger partial charge in [-0.2, -0.15) is 0 Å². The molecule has 0 spiro atoms. The molecular formula is C19H20ClN3O3. The van der Waals surface area contributed by atoms with Crippen LogP contribution < -0.4 is 15.5 Å². The maximum Gasteiger partial charge on any atom is 0.257 e. The van der Waals surface area contributed by atoms with E-state index in [0.29, 0.717) is 18.0 Å². The van der Waals surface area contributed by atoms with Gasteiger partial charge in [0.15, 0.2) is 12.4 Å². The number of nitrogens with zero attached hydrogens (tertiary/aromatic N) is 1. The number of pyridine rings is 1. The Hall–Kier alpha value is -2.73. The third-order valence-electron chi connectivity index (χ3n) is 4.25. The van der Waals surface area contributed by atoms with Crippen molar-refractivity contribution in [2.24, 2.45) is 7.05 Å². The van der Waals surface area contributed by atoms with E-state index in [0.717, 1.165) is 22.2 Å². The van der Waals surface area contributed by atoms with Gasteiger partial charge in [0.2, 0.25) is 5.43 Å². The van der Waals surface area contributed by atoms with Gasteiger partial charge < -0.3 is 19.6 Å². The van der Waals surface area contributed by atoms with E-state index in [2.05, 4.69) is 10.3 Å². The number of nitrogens with one attached hydrogen (secondary N) is 2. The van der Waals surface area contributed by atoms with Crippen molar-refractivity contribution >= 4 is 28.4 Å². The fourth-order valence-electron chi connectivity index (χ4n) is 2.70. The van der Waals surface area contributed by atoms with Crippen molar-refractivity contribution < 1.29 is 9.53 Å². The zero-order chi connectivity index (χ0) is 18.7. The van der Waals surface area contributed by atoms with Crippen LogP contribution in [0.2, 0.25) is 5.02 Å². The fraction of sp³-hybridized carbons (Fsp3) is 0.263. The summed E-state index contributed by atoms with van der Waals surface area (Å²) >= 11 is 6.04. The topological polar surface area (TPSA) is 76.1 Å². The molecule has 26 heavy (non-hydrogen) atoms. The van der Waals surface area contributed by atoms with Crippen molar-refractivity contribution in [1.82, 2.24) is 14.9 Å². The van der Waals surface area contributed by atoms with Gasteiger partial charge in [0, 0.05) is 53.7 Å². The van der Waals surface area contributed by atoms with E-state index in [1.54, 1.807) is 10.8 Å². The number of aryl methyl sites for hydroxylation is 2. The Morgan fingerprint density at radius 3 is 2.96 bits per heavy atom. The molecule has 7 heteroatoms. The van der Waals surface area contributed by atoms with E-state index >= 15 is 0 Å². The molecule has 0 saturated carbocycles. The number of hydrogen-bond acceptors (Lipinski definition) is 3. The molecule has 2 N–H and O–H groups in total. The highest BCUT2D eigenvalue weighted by Crippen LogP contribution is 2.22. The van der Waals surface area contributed by atoms with Gasteiger partial charge in [0.25, 0.3) is 5.91 Å². The van der Waals surface area contributed by atoms with Crippen LogP contribution in [-0.2, 0) is 18.3 Å². The second-order valence-electron chi connectivity index (χ2n) is 6.15. The molecular weight excluding hydrogens is 354 g/mol. The molecule has 1 amide bonds. The van der Waals surface area contributed by atoms with E-state index in [4.69, 9.17) is 16.3 Å². The van der Waals surface area contributed by atoms with Gasteiger partial charge >= 0.3 is 0 Å². The zero-order valence-electron chi connectivity index (χ0n) is 14.6. The highest BCUT2D eigenvalue weighted by Gasteiger charge is 2.08. The van der Waals surface area contributed by atoms with Gasteiger partial charge in [-0.05, 0) is 37.1 Å². The zero-order valence-corrected chi connectivity index (χ0v) is 15.4. The molecule has 0 aliphatic rings. The predicted molar refractivity (Wildman–Crippen MR) is 102 cm³/mol.